The van der Waals surface area contributed by atoms with E-state index in [0.717, 1.165) is 29.1 Å². The molecule has 1 amide bonds. The summed E-state index contributed by atoms with van der Waals surface area (Å²) in [4.78, 5) is 17.3. The van der Waals surface area contributed by atoms with E-state index < -0.39 is 17.6 Å². The van der Waals surface area contributed by atoms with Crippen molar-refractivity contribution in [3.05, 3.63) is 89.6 Å². The molecule has 3 heterocycles. The van der Waals surface area contributed by atoms with Crippen LogP contribution >= 0.6 is 0 Å². The van der Waals surface area contributed by atoms with Gasteiger partial charge in [-0.25, -0.2) is 4.98 Å². The Morgan fingerprint density at radius 1 is 1.18 bits per heavy atom. The summed E-state index contributed by atoms with van der Waals surface area (Å²) in [6, 6.07) is 3.44. The second kappa shape index (κ2) is 9.21. The highest BCUT2D eigenvalue weighted by Crippen LogP contribution is 2.39. The number of anilines is 1. The van der Waals surface area contributed by atoms with Gasteiger partial charge in [-0.2, -0.15) is 18.3 Å². The van der Waals surface area contributed by atoms with E-state index in [1.165, 1.54) is 17.0 Å². The number of alkyl halides is 3. The Labute approximate surface area is 217 Å². The highest BCUT2D eigenvalue weighted by atomic mass is 19.4. The summed E-state index contributed by atoms with van der Waals surface area (Å²) in [5.41, 5.74) is 8.81. The van der Waals surface area contributed by atoms with Gasteiger partial charge >= 0.3 is 6.18 Å². The Morgan fingerprint density at radius 2 is 1.97 bits per heavy atom. The first kappa shape index (κ1) is 25.3. The molecule has 1 aliphatic carbocycles. The Balaban J connectivity index is 1.42. The van der Waals surface area contributed by atoms with Gasteiger partial charge < -0.3 is 15.3 Å². The van der Waals surface area contributed by atoms with Gasteiger partial charge in [-0.1, -0.05) is 19.9 Å². The topological polar surface area (TPSA) is 92.0 Å². The highest BCUT2D eigenvalue weighted by molar-refractivity contribution is 6.06. The Kier molecular flexibility index (Phi) is 6.14. The third kappa shape index (κ3) is 5.07. The lowest BCUT2D eigenvalue weighted by atomic mass is 9.80. The van der Waals surface area contributed by atoms with Crippen LogP contribution in [0.15, 0.2) is 72.7 Å². The molecule has 0 spiro atoms. The zero-order chi connectivity index (χ0) is 27.2. The fourth-order valence-corrected chi connectivity index (χ4v) is 4.34. The van der Waals surface area contributed by atoms with Gasteiger partial charge in [0.2, 0.25) is 0 Å². The number of carbonyl (C=O) groups excluding carboxylic acids is 1. The Morgan fingerprint density at radius 3 is 2.63 bits per heavy atom. The van der Waals surface area contributed by atoms with Crippen LogP contribution in [-0.4, -0.2) is 30.2 Å². The third-order valence-corrected chi connectivity index (χ3v) is 6.44. The van der Waals surface area contributed by atoms with Crippen LogP contribution in [-0.2, 0) is 18.0 Å². The normalized spacial score (nSPS) is 17.0. The minimum Gasteiger partial charge on any atom is -0.322 e. The number of nitrogens with one attached hydrogen (secondary N) is 3. The smallest absolute Gasteiger partial charge is 0.322 e. The van der Waals surface area contributed by atoms with Crippen LogP contribution in [0.3, 0.4) is 0 Å². The van der Waals surface area contributed by atoms with E-state index >= 15 is 0 Å². The van der Waals surface area contributed by atoms with Gasteiger partial charge in [0.1, 0.15) is 0 Å². The van der Waals surface area contributed by atoms with Gasteiger partial charge in [0.05, 0.1) is 29.5 Å². The van der Waals surface area contributed by atoms with Crippen molar-refractivity contribution in [3.63, 3.8) is 0 Å². The molecule has 0 unspecified atom stereocenters. The lowest BCUT2D eigenvalue weighted by Gasteiger charge is -2.35. The van der Waals surface area contributed by atoms with Crippen molar-refractivity contribution in [2.45, 2.75) is 33.4 Å². The Hall–Kier alpha value is -4.32. The molecule has 198 valence electrons. The third-order valence-electron chi connectivity index (χ3n) is 6.44. The van der Waals surface area contributed by atoms with E-state index in [4.69, 9.17) is 0 Å². The van der Waals surface area contributed by atoms with Gasteiger partial charge in [-0.3, -0.25) is 14.5 Å². The monoisotopic (exact) mass is 524 g/mol. The maximum atomic E-state index is 13.6. The number of rotatable bonds is 5. The number of imidazole rings is 1. The van der Waals surface area contributed by atoms with Crippen LogP contribution in [0.25, 0.3) is 11.4 Å². The average molecular weight is 525 g/mol. The second-order valence-corrected chi connectivity index (χ2v) is 9.97. The molecule has 0 saturated carbocycles. The SMILES string of the molecule is Cc1cn(-c2cc(NC(=O)C3=CCC(C)(C)C(N4C=C(c5cnn(C)c5)NN4)=C3)cc(C(F)(F)F)c2)cn1. The maximum Gasteiger partial charge on any atom is 0.416 e. The molecule has 38 heavy (non-hydrogen) atoms. The number of hydrogen-bond acceptors (Lipinski definition) is 6. The van der Waals surface area contributed by atoms with Crippen molar-refractivity contribution >= 4 is 17.3 Å². The molecule has 1 aliphatic heterocycles. The molecule has 2 aromatic heterocycles. The van der Waals surface area contributed by atoms with E-state index in [2.05, 4.69) is 26.4 Å². The summed E-state index contributed by atoms with van der Waals surface area (Å²) >= 11 is 0. The molecule has 9 nitrogen and oxygen atoms in total. The molecule has 2 aliphatic rings. The van der Waals surface area contributed by atoms with Gasteiger partial charge in [0.15, 0.2) is 0 Å². The van der Waals surface area contributed by atoms with Crippen molar-refractivity contribution in [3.8, 4) is 5.69 Å². The zero-order valence-electron chi connectivity index (χ0n) is 21.3. The summed E-state index contributed by atoms with van der Waals surface area (Å²) in [5, 5.41) is 8.64. The number of allylic oxidation sites excluding steroid dienone is 2. The molecule has 1 aromatic carbocycles. The lowest BCUT2D eigenvalue weighted by Crippen LogP contribution is -2.40. The molecule has 3 N–H and O–H groups in total. The lowest BCUT2D eigenvalue weighted by molar-refractivity contribution is -0.137. The number of nitrogens with zero attached hydrogens (tertiary/aromatic N) is 5. The van der Waals surface area contributed by atoms with Crippen molar-refractivity contribution < 1.29 is 18.0 Å². The largest absolute Gasteiger partial charge is 0.416 e. The predicted molar refractivity (Wildman–Crippen MR) is 136 cm³/mol. The van der Waals surface area contributed by atoms with Crippen molar-refractivity contribution in [1.82, 2.24) is 35.3 Å². The molecule has 0 fully saturated rings. The number of hydrogen-bond donors (Lipinski definition) is 3. The van der Waals surface area contributed by atoms with E-state index in [-0.39, 0.29) is 16.8 Å². The van der Waals surface area contributed by atoms with Crippen LogP contribution in [0.2, 0.25) is 0 Å². The van der Waals surface area contributed by atoms with Crippen LogP contribution in [0, 0.1) is 12.3 Å². The zero-order valence-corrected chi connectivity index (χ0v) is 21.3. The molecule has 0 saturated heterocycles. The molecule has 5 rings (SSSR count). The maximum absolute atomic E-state index is 13.6. The van der Waals surface area contributed by atoms with Crippen molar-refractivity contribution in [1.29, 1.82) is 0 Å². The Bertz CT molecular complexity index is 1490. The van der Waals surface area contributed by atoms with Crippen LogP contribution in [0.4, 0.5) is 18.9 Å². The van der Waals surface area contributed by atoms with E-state index in [1.54, 1.807) is 41.2 Å². The van der Waals surface area contributed by atoms with Crippen molar-refractivity contribution in [2.75, 3.05) is 5.32 Å². The minimum absolute atomic E-state index is 0.0339. The molecule has 0 radical (unpaired) electrons. The number of aromatic nitrogens is 4. The number of carbonyl (C=O) groups is 1. The van der Waals surface area contributed by atoms with Gasteiger partial charge in [-0.05, 0) is 37.6 Å². The fourth-order valence-electron chi connectivity index (χ4n) is 4.34. The summed E-state index contributed by atoms with van der Waals surface area (Å²) in [6.45, 7) is 5.84. The molecule has 3 aromatic rings. The number of hydrazine groups is 2. The van der Waals surface area contributed by atoms with Gasteiger partial charge in [0, 0.05) is 59.3 Å². The highest BCUT2D eigenvalue weighted by Gasteiger charge is 2.34. The van der Waals surface area contributed by atoms with Gasteiger partial charge in [0.25, 0.3) is 5.91 Å². The molecular formula is C26H27F3N8O. The molecule has 0 bridgehead atoms. The predicted octanol–water partition coefficient (Wildman–Crippen LogP) is 4.44. The van der Waals surface area contributed by atoms with E-state index in [0.29, 0.717) is 17.7 Å². The minimum atomic E-state index is -4.58. The number of benzene rings is 1. The van der Waals surface area contributed by atoms with E-state index in [1.807, 2.05) is 33.3 Å². The molecule has 0 atom stereocenters. The number of aryl methyl sites for hydroxylation is 2. The van der Waals surface area contributed by atoms with Gasteiger partial charge in [-0.15, -0.1) is 5.53 Å². The average Bonchev–Trinajstić information content (AvgIpc) is 3.59. The van der Waals surface area contributed by atoms with Crippen LogP contribution in [0.1, 0.15) is 37.1 Å². The summed E-state index contributed by atoms with van der Waals surface area (Å²) in [7, 11) is 1.83. The standard InChI is InChI=1S/C26H27F3N8O/c1-16-12-36(15-30-16)21-9-19(26(27,28)29)8-20(10-21)32-24(38)17-5-6-25(2,3)23(7-17)37-14-22(33-34-37)18-11-31-35(4)13-18/h5,7-15,33-34H,6H2,1-4H3,(H,32,38). The summed E-state index contributed by atoms with van der Waals surface area (Å²) in [5.74, 6) is -0.506. The van der Waals surface area contributed by atoms with E-state index in [9.17, 15) is 18.0 Å². The van der Waals surface area contributed by atoms with Crippen LogP contribution in [0.5, 0.6) is 0 Å². The summed E-state index contributed by atoms with van der Waals surface area (Å²) in [6.07, 6.45) is 8.03. The second-order valence-electron chi connectivity index (χ2n) is 9.97. The first-order valence-corrected chi connectivity index (χ1v) is 11.9. The number of halogens is 3. The first-order chi connectivity index (χ1) is 17.9. The first-order valence-electron chi connectivity index (χ1n) is 11.9. The quantitative estimate of drug-likeness (QED) is 0.457. The molecule has 12 heteroatoms. The molecular weight excluding hydrogens is 497 g/mol. The van der Waals surface area contributed by atoms with Crippen molar-refractivity contribution in [2.24, 2.45) is 12.5 Å². The number of amides is 1. The van der Waals surface area contributed by atoms with Crippen LogP contribution < -0.4 is 16.3 Å². The fraction of sp³-hybridized carbons (Fsp3) is 0.269. The summed E-state index contributed by atoms with van der Waals surface area (Å²) < 4.78 is 44.1.